The minimum absolute atomic E-state index is 0.834. The smallest absolute Gasteiger partial charge is 0.158 e. The number of aromatic nitrogens is 4. The minimum atomic E-state index is 0.834. The number of aromatic amines is 1. The van der Waals surface area contributed by atoms with Gasteiger partial charge in [0.05, 0.1) is 0 Å². The molecule has 2 aromatic rings. The van der Waals surface area contributed by atoms with Crippen molar-refractivity contribution in [2.45, 2.75) is 13.8 Å². The Labute approximate surface area is 76.6 Å². The lowest BCUT2D eigenvalue weighted by atomic mass is 10.3. The van der Waals surface area contributed by atoms with Crippen LogP contribution in [-0.2, 0) is 7.05 Å². The van der Waals surface area contributed by atoms with Gasteiger partial charge in [-0.25, -0.2) is 4.98 Å². The van der Waals surface area contributed by atoms with Gasteiger partial charge in [-0.2, -0.15) is 5.10 Å². The molecule has 0 fully saturated rings. The Balaban J connectivity index is 2.46. The second-order valence-corrected chi connectivity index (χ2v) is 3.21. The largest absolute Gasteiger partial charge is 0.341 e. The van der Waals surface area contributed by atoms with E-state index in [0.29, 0.717) is 0 Å². The summed E-state index contributed by atoms with van der Waals surface area (Å²) in [4.78, 5) is 7.36. The zero-order valence-electron chi connectivity index (χ0n) is 8.00. The lowest BCUT2D eigenvalue weighted by Gasteiger charge is -1.89. The molecule has 68 valence electrons. The monoisotopic (exact) mass is 176 g/mol. The van der Waals surface area contributed by atoms with Gasteiger partial charge in [0.1, 0.15) is 5.69 Å². The van der Waals surface area contributed by atoms with Gasteiger partial charge in [0, 0.05) is 24.6 Å². The van der Waals surface area contributed by atoms with Crippen LogP contribution in [-0.4, -0.2) is 19.7 Å². The standard InChI is InChI=1S/C9H12N4/c1-6-5-10-9(11-6)8-4-7(2)13(3)12-8/h4-5H,1-3H3,(H,10,11). The average Bonchev–Trinajstić information content (AvgIpc) is 2.61. The van der Waals surface area contributed by atoms with Crippen molar-refractivity contribution in [2.75, 3.05) is 0 Å². The van der Waals surface area contributed by atoms with Gasteiger partial charge in [-0.15, -0.1) is 0 Å². The Hall–Kier alpha value is -1.58. The number of H-pyrrole nitrogens is 1. The molecular weight excluding hydrogens is 164 g/mol. The van der Waals surface area contributed by atoms with E-state index in [1.54, 1.807) is 6.20 Å². The van der Waals surface area contributed by atoms with Crippen LogP contribution in [0.1, 0.15) is 11.4 Å². The Morgan fingerprint density at radius 3 is 2.62 bits per heavy atom. The molecule has 0 spiro atoms. The van der Waals surface area contributed by atoms with E-state index in [-0.39, 0.29) is 0 Å². The van der Waals surface area contributed by atoms with Crippen LogP contribution >= 0.6 is 0 Å². The molecule has 0 bridgehead atoms. The van der Waals surface area contributed by atoms with Crippen LogP contribution in [0.25, 0.3) is 11.5 Å². The number of nitrogens with zero attached hydrogens (tertiary/aromatic N) is 3. The Bertz CT molecular complexity index is 405. The second-order valence-electron chi connectivity index (χ2n) is 3.21. The molecular formula is C9H12N4. The summed E-state index contributed by atoms with van der Waals surface area (Å²) in [5.41, 5.74) is 3.08. The van der Waals surface area contributed by atoms with Crippen molar-refractivity contribution in [1.29, 1.82) is 0 Å². The molecule has 0 aliphatic rings. The molecule has 13 heavy (non-hydrogen) atoms. The summed E-state index contributed by atoms with van der Waals surface area (Å²) >= 11 is 0. The fourth-order valence-electron chi connectivity index (χ4n) is 1.22. The maximum Gasteiger partial charge on any atom is 0.158 e. The van der Waals surface area contributed by atoms with Gasteiger partial charge in [-0.1, -0.05) is 0 Å². The summed E-state index contributed by atoms with van der Waals surface area (Å²) in [6, 6.07) is 2.01. The highest BCUT2D eigenvalue weighted by atomic mass is 15.3. The first-order valence-corrected chi connectivity index (χ1v) is 4.19. The zero-order chi connectivity index (χ0) is 9.42. The molecule has 0 atom stereocenters. The van der Waals surface area contributed by atoms with Crippen molar-refractivity contribution < 1.29 is 0 Å². The summed E-state index contributed by atoms with van der Waals surface area (Å²) in [6.07, 6.45) is 1.80. The molecule has 0 aliphatic heterocycles. The number of rotatable bonds is 1. The van der Waals surface area contributed by atoms with E-state index >= 15 is 0 Å². The molecule has 2 aromatic heterocycles. The van der Waals surface area contributed by atoms with Gasteiger partial charge in [-0.05, 0) is 19.9 Å². The molecule has 2 rings (SSSR count). The lowest BCUT2D eigenvalue weighted by Crippen LogP contribution is -1.92. The van der Waals surface area contributed by atoms with Crippen molar-refractivity contribution in [3.63, 3.8) is 0 Å². The number of aryl methyl sites for hydroxylation is 3. The van der Waals surface area contributed by atoms with Crippen LogP contribution in [0.15, 0.2) is 12.3 Å². The second kappa shape index (κ2) is 2.73. The van der Waals surface area contributed by atoms with Crippen LogP contribution in [0, 0.1) is 13.8 Å². The molecule has 0 radical (unpaired) electrons. The zero-order valence-corrected chi connectivity index (χ0v) is 8.00. The van der Waals surface area contributed by atoms with Gasteiger partial charge in [0.15, 0.2) is 5.82 Å². The van der Waals surface area contributed by atoms with Crippen molar-refractivity contribution in [3.05, 3.63) is 23.7 Å². The van der Waals surface area contributed by atoms with Gasteiger partial charge in [-0.3, -0.25) is 4.68 Å². The van der Waals surface area contributed by atoms with Crippen LogP contribution in [0.2, 0.25) is 0 Å². The molecule has 0 aliphatic carbocycles. The summed E-state index contributed by atoms with van der Waals surface area (Å²) in [7, 11) is 1.93. The van der Waals surface area contributed by atoms with Crippen molar-refractivity contribution in [1.82, 2.24) is 19.7 Å². The summed E-state index contributed by atoms with van der Waals surface area (Å²) < 4.78 is 1.84. The third-order valence-corrected chi connectivity index (χ3v) is 2.06. The van der Waals surface area contributed by atoms with E-state index in [1.807, 2.05) is 31.6 Å². The Morgan fingerprint density at radius 1 is 1.38 bits per heavy atom. The summed E-state index contributed by atoms with van der Waals surface area (Å²) in [5, 5.41) is 4.32. The minimum Gasteiger partial charge on any atom is -0.341 e. The van der Waals surface area contributed by atoms with Crippen molar-refractivity contribution in [3.8, 4) is 11.5 Å². The molecule has 0 amide bonds. The van der Waals surface area contributed by atoms with Crippen molar-refractivity contribution in [2.24, 2.45) is 7.05 Å². The van der Waals surface area contributed by atoms with E-state index in [2.05, 4.69) is 15.1 Å². The van der Waals surface area contributed by atoms with E-state index in [9.17, 15) is 0 Å². The number of hydrogen-bond donors (Lipinski definition) is 1. The highest BCUT2D eigenvalue weighted by Gasteiger charge is 2.06. The van der Waals surface area contributed by atoms with Crippen LogP contribution in [0.5, 0.6) is 0 Å². The summed E-state index contributed by atoms with van der Waals surface area (Å²) in [5.74, 6) is 0.834. The Kier molecular flexibility index (Phi) is 1.69. The maximum absolute atomic E-state index is 4.32. The predicted molar refractivity (Wildman–Crippen MR) is 50.3 cm³/mol. The predicted octanol–water partition coefficient (Wildman–Crippen LogP) is 1.43. The molecule has 0 saturated heterocycles. The molecule has 2 heterocycles. The molecule has 4 nitrogen and oxygen atoms in total. The number of nitrogens with one attached hydrogen (secondary N) is 1. The quantitative estimate of drug-likeness (QED) is 0.714. The van der Waals surface area contributed by atoms with Crippen molar-refractivity contribution >= 4 is 0 Å². The van der Waals surface area contributed by atoms with E-state index in [4.69, 9.17) is 0 Å². The Morgan fingerprint density at radius 2 is 2.15 bits per heavy atom. The first-order chi connectivity index (χ1) is 6.16. The lowest BCUT2D eigenvalue weighted by molar-refractivity contribution is 0.741. The van der Waals surface area contributed by atoms with E-state index < -0.39 is 0 Å². The third-order valence-electron chi connectivity index (χ3n) is 2.06. The summed E-state index contributed by atoms with van der Waals surface area (Å²) in [6.45, 7) is 4.00. The average molecular weight is 176 g/mol. The molecule has 1 N–H and O–H groups in total. The fourth-order valence-corrected chi connectivity index (χ4v) is 1.22. The van der Waals surface area contributed by atoms with Gasteiger partial charge in [0.25, 0.3) is 0 Å². The number of imidazole rings is 1. The highest BCUT2D eigenvalue weighted by molar-refractivity contribution is 5.49. The molecule has 0 aromatic carbocycles. The third kappa shape index (κ3) is 1.35. The van der Waals surface area contributed by atoms with Crippen LogP contribution in [0.4, 0.5) is 0 Å². The number of hydrogen-bond acceptors (Lipinski definition) is 2. The normalized spacial score (nSPS) is 10.7. The molecule has 0 saturated carbocycles. The van der Waals surface area contributed by atoms with Crippen LogP contribution < -0.4 is 0 Å². The highest BCUT2D eigenvalue weighted by Crippen LogP contribution is 2.14. The molecule has 4 heteroatoms. The maximum atomic E-state index is 4.32. The van der Waals surface area contributed by atoms with Gasteiger partial charge < -0.3 is 4.98 Å². The fraction of sp³-hybridized carbons (Fsp3) is 0.333. The van der Waals surface area contributed by atoms with E-state index in [1.165, 1.54) is 0 Å². The SMILES string of the molecule is Cc1cnc(-c2cc(C)n(C)n2)[nH]1. The van der Waals surface area contributed by atoms with Crippen LogP contribution in [0.3, 0.4) is 0 Å². The van der Waals surface area contributed by atoms with Gasteiger partial charge in [0.2, 0.25) is 0 Å². The van der Waals surface area contributed by atoms with E-state index in [0.717, 1.165) is 22.9 Å². The first kappa shape index (κ1) is 8.04. The topological polar surface area (TPSA) is 46.5 Å². The van der Waals surface area contributed by atoms with Gasteiger partial charge >= 0.3 is 0 Å². The molecule has 0 unspecified atom stereocenters. The first-order valence-electron chi connectivity index (χ1n) is 4.19.